The Balaban J connectivity index is 2.34. The van der Waals surface area contributed by atoms with Gasteiger partial charge in [-0.1, -0.05) is 112 Å². The quantitative estimate of drug-likeness (QED) is 0.103. The molecule has 75 heavy (non-hydrogen) atoms. The molecule has 1 aliphatic rings. The molecule has 18 heteroatoms. The van der Waals surface area contributed by atoms with E-state index in [-0.39, 0.29) is 87.1 Å². The Labute approximate surface area is 447 Å². The third-order valence-electron chi connectivity index (χ3n) is 14.3. The highest BCUT2D eigenvalue weighted by atomic mass is 16.6. The highest BCUT2D eigenvalue weighted by molar-refractivity contribution is 5.98. The first-order chi connectivity index (χ1) is 35.3. The van der Waals surface area contributed by atoms with E-state index in [9.17, 15) is 28.8 Å². The molecule has 2 aromatic rings. The molecule has 3 rings (SSSR count). The molecule has 0 aliphatic carbocycles. The number of likely N-dealkylation sites (N-methyl/N-ethyl adjacent to an activating group) is 3. The van der Waals surface area contributed by atoms with E-state index in [2.05, 4.69) is 29.8 Å². The molecule has 0 saturated carbocycles. The molecular weight excluding hydrogens is 959 g/mol. The van der Waals surface area contributed by atoms with E-state index in [1.165, 1.54) is 49.9 Å². The zero-order chi connectivity index (χ0) is 56.3. The van der Waals surface area contributed by atoms with Gasteiger partial charge in [-0.05, 0) is 81.8 Å². The monoisotopic (exact) mass is 1050 g/mol. The second-order valence-electron chi connectivity index (χ2n) is 22.2. The van der Waals surface area contributed by atoms with Gasteiger partial charge in [-0.15, -0.1) is 0 Å². The third kappa shape index (κ3) is 19.2. The first-order valence-corrected chi connectivity index (χ1v) is 27.5. The minimum Gasteiger partial charge on any atom is -0.451 e. The number of Topliss-reactive ketones (excluding diaryl/α,β-unsaturated/α-hetero) is 1. The maximum atomic E-state index is 15.2. The molecule has 9 atom stereocenters. The van der Waals surface area contributed by atoms with Crippen LogP contribution in [-0.4, -0.2) is 150 Å². The first kappa shape index (κ1) is 63.8. The summed E-state index contributed by atoms with van der Waals surface area (Å²) in [5.41, 5.74) is 1.41. The topological polar surface area (TPSA) is 215 Å². The Morgan fingerprint density at radius 1 is 0.667 bits per heavy atom. The van der Waals surface area contributed by atoms with Crippen LogP contribution < -0.4 is 20.8 Å². The molecule has 1 saturated heterocycles. The summed E-state index contributed by atoms with van der Waals surface area (Å²) in [6.45, 7) is 20.6. The number of amides is 6. The Hall–Kier alpha value is -5.52. The van der Waals surface area contributed by atoms with Crippen LogP contribution >= 0.6 is 0 Å². The summed E-state index contributed by atoms with van der Waals surface area (Å²) in [6, 6.07) is 0.338. The first-order valence-electron chi connectivity index (χ1n) is 27.5. The summed E-state index contributed by atoms with van der Waals surface area (Å²) in [7, 11) is 5.96. The van der Waals surface area contributed by atoms with Crippen molar-refractivity contribution in [3.05, 3.63) is 36.0 Å². The zero-order valence-corrected chi connectivity index (χ0v) is 48.0. The number of para-hydroxylation sites is 1. The number of hydrogen-bond acceptors (Lipinski definition) is 11. The highest BCUT2D eigenvalue weighted by Crippen LogP contribution is 2.26. The lowest BCUT2D eigenvalue weighted by Crippen LogP contribution is -2.60. The Morgan fingerprint density at radius 3 is 1.68 bits per heavy atom. The second-order valence-corrected chi connectivity index (χ2v) is 22.2. The normalized spacial score (nSPS) is 23.3. The predicted molar refractivity (Wildman–Crippen MR) is 290 cm³/mol. The SMILES string of the molecule is CCCC[C@@H](C)C[C@@H]1NC(=O)[C@H](Cc2cn(OC)c3ccccc23)N(C)C(=O)[C@H](CC(C)C)NC(=O)[C@H](CC(C)C)N(C)C(=O)[C@H](C[C@H](C)CCCC)NC(=O)C(CCC(=O)COC(C)C)OC(=O)C(C)N(C)C1=O. The van der Waals surface area contributed by atoms with Crippen molar-refractivity contribution < 1.29 is 52.7 Å². The average Bonchev–Trinajstić information content (AvgIpc) is 3.73. The van der Waals surface area contributed by atoms with Crippen LogP contribution in [0.3, 0.4) is 0 Å². The van der Waals surface area contributed by atoms with E-state index in [0.29, 0.717) is 5.56 Å². The average molecular weight is 1050 g/mol. The molecule has 0 radical (unpaired) electrons. The Morgan fingerprint density at radius 2 is 1.16 bits per heavy atom. The minimum atomic E-state index is -1.57. The smallest absolute Gasteiger partial charge is 0.329 e. The molecule has 2 heterocycles. The van der Waals surface area contributed by atoms with Crippen molar-refractivity contribution in [2.45, 2.75) is 208 Å². The lowest BCUT2D eigenvalue weighted by Gasteiger charge is -2.35. The summed E-state index contributed by atoms with van der Waals surface area (Å²) in [4.78, 5) is 127. The van der Waals surface area contributed by atoms with Crippen LogP contribution in [0.4, 0.5) is 0 Å². The van der Waals surface area contributed by atoms with Gasteiger partial charge in [-0.3, -0.25) is 33.6 Å². The van der Waals surface area contributed by atoms with Crippen LogP contribution in [0.25, 0.3) is 10.9 Å². The summed E-state index contributed by atoms with van der Waals surface area (Å²) < 4.78 is 13.1. The van der Waals surface area contributed by atoms with Crippen LogP contribution in [0.1, 0.15) is 159 Å². The Bertz CT molecular complexity index is 2210. The number of carbonyl (C=O) groups is 8. The molecule has 1 aliphatic heterocycles. The number of unbranched alkanes of at least 4 members (excludes halogenated alkanes) is 2. The fraction of sp³-hybridized carbons (Fsp3) is 0.719. The summed E-state index contributed by atoms with van der Waals surface area (Å²) >= 11 is 0. The van der Waals surface area contributed by atoms with E-state index in [0.717, 1.165) is 49.4 Å². The highest BCUT2D eigenvalue weighted by Gasteiger charge is 2.41. The third-order valence-corrected chi connectivity index (χ3v) is 14.3. The van der Waals surface area contributed by atoms with Gasteiger partial charge in [-0.25, -0.2) is 4.79 Å². The van der Waals surface area contributed by atoms with Gasteiger partial charge in [0.2, 0.25) is 29.5 Å². The van der Waals surface area contributed by atoms with Crippen LogP contribution in [0.15, 0.2) is 30.5 Å². The molecular formula is C57H93N7O11. The van der Waals surface area contributed by atoms with Gasteiger partial charge < -0.3 is 45.0 Å². The number of nitrogens with zero attached hydrogens (tertiary/aromatic N) is 4. The summed E-state index contributed by atoms with van der Waals surface area (Å²) in [5, 5.41) is 9.65. The fourth-order valence-electron chi connectivity index (χ4n) is 9.61. The summed E-state index contributed by atoms with van der Waals surface area (Å²) in [6.07, 6.45) is 5.27. The molecule has 3 N–H and O–H groups in total. The van der Waals surface area contributed by atoms with Gasteiger partial charge in [0, 0.05) is 52.0 Å². The Kier molecular flexibility index (Phi) is 26.3. The fourth-order valence-corrected chi connectivity index (χ4v) is 9.61. The number of rotatable bonds is 23. The van der Waals surface area contributed by atoms with E-state index >= 15 is 9.59 Å². The van der Waals surface area contributed by atoms with Crippen LogP contribution in [-0.2, 0) is 54.3 Å². The number of cyclic esters (lactones) is 1. The number of ether oxygens (including phenoxy) is 2. The van der Waals surface area contributed by atoms with Crippen molar-refractivity contribution >= 4 is 58.1 Å². The standard InChI is InChI=1S/C57H93N7O11/c1-16-18-22-38(9)30-45-54(69)61(12)40(11)57(72)75-50(27-26-42(65)34-74-37(7)8)53(68)60-46(31-39(10)23-19-17-2)56(71)62(13)48(29-36(5)6)51(66)58-44(28-35(3)4)55(70)63(14)49(52(67)59-45)32-41-33-64(73-15)47-25-21-20-24-43(41)47/h20-21,24-25,33,35-40,44-46,48-50H,16-19,22-23,26-32,34H2,1-15H3,(H,58,66)(H,59,67)(H,60,68)/t38-,39-,40?,44+,45+,46+,48+,49+,50?/m1/s1. The van der Waals surface area contributed by atoms with E-state index < -0.39 is 83.8 Å². The van der Waals surface area contributed by atoms with Crippen LogP contribution in [0, 0.1) is 23.7 Å². The van der Waals surface area contributed by atoms with Crippen molar-refractivity contribution in [3.8, 4) is 0 Å². The molecule has 422 valence electrons. The van der Waals surface area contributed by atoms with E-state index in [1.807, 2.05) is 65.8 Å². The maximum Gasteiger partial charge on any atom is 0.329 e. The largest absolute Gasteiger partial charge is 0.451 e. The van der Waals surface area contributed by atoms with Crippen molar-refractivity contribution in [3.63, 3.8) is 0 Å². The molecule has 0 spiro atoms. The molecule has 0 bridgehead atoms. The van der Waals surface area contributed by atoms with Crippen LogP contribution in [0.2, 0.25) is 0 Å². The molecule has 1 fully saturated rings. The molecule has 1 aromatic heterocycles. The van der Waals surface area contributed by atoms with Crippen molar-refractivity contribution in [1.82, 2.24) is 35.4 Å². The van der Waals surface area contributed by atoms with Gasteiger partial charge in [0.15, 0.2) is 11.9 Å². The van der Waals surface area contributed by atoms with Gasteiger partial charge in [0.25, 0.3) is 5.91 Å². The predicted octanol–water partition coefficient (Wildman–Crippen LogP) is 6.42. The zero-order valence-electron chi connectivity index (χ0n) is 48.0. The number of fused-ring (bicyclic) bond motifs is 1. The lowest BCUT2D eigenvalue weighted by atomic mass is 9.94. The van der Waals surface area contributed by atoms with Gasteiger partial charge >= 0.3 is 5.97 Å². The number of carbonyl (C=O) groups excluding carboxylic acids is 8. The number of hydrogen-bond donors (Lipinski definition) is 3. The van der Waals surface area contributed by atoms with Crippen molar-refractivity contribution in [1.29, 1.82) is 0 Å². The number of aromatic nitrogens is 1. The lowest BCUT2D eigenvalue weighted by molar-refractivity contribution is -0.164. The second kappa shape index (κ2) is 30.9. The number of ketones is 1. The van der Waals surface area contributed by atoms with Crippen molar-refractivity contribution in [2.75, 3.05) is 34.9 Å². The van der Waals surface area contributed by atoms with Gasteiger partial charge in [-0.2, -0.15) is 4.73 Å². The summed E-state index contributed by atoms with van der Waals surface area (Å²) in [5.74, 6) is -5.43. The van der Waals surface area contributed by atoms with Gasteiger partial charge in [0.1, 0.15) is 50.0 Å². The maximum absolute atomic E-state index is 15.2. The van der Waals surface area contributed by atoms with E-state index in [1.54, 1.807) is 24.8 Å². The number of esters is 1. The van der Waals surface area contributed by atoms with Gasteiger partial charge in [0.05, 0.1) is 11.6 Å². The number of nitrogens with one attached hydrogen (secondary N) is 3. The van der Waals surface area contributed by atoms with E-state index in [4.69, 9.17) is 14.3 Å². The minimum absolute atomic E-state index is 0.0159. The van der Waals surface area contributed by atoms with Crippen molar-refractivity contribution in [2.24, 2.45) is 23.7 Å². The molecule has 6 amide bonds. The van der Waals surface area contributed by atoms with Crippen LogP contribution in [0.5, 0.6) is 0 Å². The molecule has 1 aromatic carbocycles. The molecule has 2 unspecified atom stereocenters. The molecule has 18 nitrogen and oxygen atoms in total. The number of benzene rings is 1.